The second kappa shape index (κ2) is 4.67. The van der Waals surface area contributed by atoms with E-state index < -0.39 is 5.82 Å². The van der Waals surface area contributed by atoms with Gasteiger partial charge in [-0.2, -0.15) is 5.26 Å². The van der Waals surface area contributed by atoms with E-state index in [1.54, 1.807) is 0 Å². The fourth-order valence-corrected chi connectivity index (χ4v) is 1.42. The molecule has 5 nitrogen and oxygen atoms in total. The van der Waals surface area contributed by atoms with Gasteiger partial charge in [-0.05, 0) is 18.2 Å². The number of ether oxygens (including phenoxy) is 1. The number of nitrogens with two attached hydrogens (primary N) is 1. The number of benzene rings is 1. The summed E-state index contributed by atoms with van der Waals surface area (Å²) >= 11 is 0. The summed E-state index contributed by atoms with van der Waals surface area (Å²) in [4.78, 5) is 7.98. The second-order valence-electron chi connectivity index (χ2n) is 3.45. The molecule has 6 heteroatoms. The smallest absolute Gasteiger partial charge is 0.165 e. The van der Waals surface area contributed by atoms with Crippen molar-refractivity contribution in [2.75, 3.05) is 12.8 Å². The molecule has 0 spiro atoms. The molecule has 0 unspecified atom stereocenters. The lowest BCUT2D eigenvalue weighted by Gasteiger charge is -2.05. The number of methoxy groups -OCH3 is 1. The van der Waals surface area contributed by atoms with Crippen LogP contribution in [0.4, 0.5) is 10.2 Å². The van der Waals surface area contributed by atoms with Crippen LogP contribution in [0.15, 0.2) is 24.4 Å². The Bertz CT molecular complexity index is 627. The Kier molecular flexibility index (Phi) is 3.06. The maximum Gasteiger partial charge on any atom is 0.165 e. The summed E-state index contributed by atoms with van der Waals surface area (Å²) in [5, 5.41) is 8.72. The zero-order valence-electron chi connectivity index (χ0n) is 9.51. The normalized spacial score (nSPS) is 9.83. The number of hydrogen-bond acceptors (Lipinski definition) is 5. The molecular formula is C12H9FN4O. The summed E-state index contributed by atoms with van der Waals surface area (Å²) in [6.45, 7) is 0. The Morgan fingerprint density at radius 1 is 1.44 bits per heavy atom. The third-order valence-corrected chi connectivity index (χ3v) is 2.35. The minimum atomic E-state index is -0.470. The molecule has 0 bridgehead atoms. The van der Waals surface area contributed by atoms with E-state index in [2.05, 4.69) is 9.97 Å². The first kappa shape index (κ1) is 11.8. The first-order valence-corrected chi connectivity index (χ1v) is 5.02. The molecule has 0 amide bonds. The topological polar surface area (TPSA) is 84.8 Å². The summed E-state index contributed by atoms with van der Waals surface area (Å²) in [7, 11) is 1.37. The molecule has 0 fully saturated rings. The van der Waals surface area contributed by atoms with E-state index in [1.807, 2.05) is 6.07 Å². The van der Waals surface area contributed by atoms with Crippen molar-refractivity contribution < 1.29 is 9.13 Å². The standard InChI is InChI=1S/C12H9FN4O/c1-18-10-4-7(2-3-9(10)13)12-16-6-8(5-14)11(15)17-12/h2-4,6H,1H3,(H2,15,16,17). The maximum absolute atomic E-state index is 13.3. The van der Waals surface area contributed by atoms with Gasteiger partial charge in [0, 0.05) is 5.56 Å². The van der Waals surface area contributed by atoms with E-state index >= 15 is 0 Å². The molecule has 0 atom stereocenters. The zero-order valence-corrected chi connectivity index (χ0v) is 9.51. The van der Waals surface area contributed by atoms with Crippen LogP contribution >= 0.6 is 0 Å². The second-order valence-corrected chi connectivity index (χ2v) is 3.45. The largest absolute Gasteiger partial charge is 0.494 e. The van der Waals surface area contributed by atoms with E-state index in [4.69, 9.17) is 15.7 Å². The minimum absolute atomic E-state index is 0.0887. The van der Waals surface area contributed by atoms with Gasteiger partial charge >= 0.3 is 0 Å². The SMILES string of the molecule is COc1cc(-c2ncc(C#N)c(N)n2)ccc1F. The number of nitriles is 1. The van der Waals surface area contributed by atoms with Crippen LogP contribution in [0, 0.1) is 17.1 Å². The fourth-order valence-electron chi connectivity index (χ4n) is 1.42. The first-order chi connectivity index (χ1) is 8.65. The predicted octanol–water partition coefficient (Wildman–Crippen LogP) is 1.75. The molecule has 0 aliphatic rings. The van der Waals surface area contributed by atoms with Crippen LogP contribution in [0.3, 0.4) is 0 Å². The molecule has 1 heterocycles. The van der Waals surface area contributed by atoms with E-state index in [0.29, 0.717) is 11.4 Å². The minimum Gasteiger partial charge on any atom is -0.494 e. The van der Waals surface area contributed by atoms with Crippen molar-refractivity contribution in [2.24, 2.45) is 0 Å². The molecule has 0 saturated heterocycles. The number of halogens is 1. The third kappa shape index (κ3) is 2.06. The predicted molar refractivity (Wildman–Crippen MR) is 63.1 cm³/mol. The summed E-state index contributed by atoms with van der Waals surface area (Å²) in [5.74, 6) is 0.0255. The van der Waals surface area contributed by atoms with Crippen molar-refractivity contribution in [1.82, 2.24) is 9.97 Å². The molecule has 2 N–H and O–H groups in total. The van der Waals surface area contributed by atoms with E-state index in [-0.39, 0.29) is 17.1 Å². The van der Waals surface area contributed by atoms with Crippen LogP contribution in [-0.4, -0.2) is 17.1 Å². The fraction of sp³-hybridized carbons (Fsp3) is 0.0833. The van der Waals surface area contributed by atoms with Crippen molar-refractivity contribution in [1.29, 1.82) is 5.26 Å². The van der Waals surface area contributed by atoms with Gasteiger partial charge < -0.3 is 10.5 Å². The Labute approximate surface area is 103 Å². The van der Waals surface area contributed by atoms with Gasteiger partial charge in [0.1, 0.15) is 17.5 Å². The Hall–Kier alpha value is -2.68. The van der Waals surface area contributed by atoms with Crippen LogP contribution in [0.5, 0.6) is 5.75 Å². The number of anilines is 1. The van der Waals surface area contributed by atoms with Crippen molar-refractivity contribution in [3.05, 3.63) is 35.8 Å². The molecule has 18 heavy (non-hydrogen) atoms. The van der Waals surface area contributed by atoms with Gasteiger partial charge in [-0.25, -0.2) is 14.4 Å². The van der Waals surface area contributed by atoms with E-state index in [1.165, 1.54) is 31.5 Å². The highest BCUT2D eigenvalue weighted by Crippen LogP contribution is 2.24. The quantitative estimate of drug-likeness (QED) is 0.869. The molecule has 0 radical (unpaired) electrons. The molecule has 1 aromatic heterocycles. The maximum atomic E-state index is 13.3. The average molecular weight is 244 g/mol. The summed E-state index contributed by atoms with van der Waals surface area (Å²) in [6.07, 6.45) is 1.33. The van der Waals surface area contributed by atoms with Crippen molar-refractivity contribution >= 4 is 5.82 Å². The number of hydrogen-bond donors (Lipinski definition) is 1. The monoisotopic (exact) mass is 244 g/mol. The summed E-state index contributed by atoms with van der Waals surface area (Å²) < 4.78 is 18.1. The zero-order chi connectivity index (χ0) is 13.1. The van der Waals surface area contributed by atoms with Gasteiger partial charge in [-0.3, -0.25) is 0 Å². The van der Waals surface area contributed by atoms with Gasteiger partial charge in [0.05, 0.1) is 13.3 Å². The summed E-state index contributed by atoms with van der Waals surface area (Å²) in [5.41, 5.74) is 6.35. The van der Waals surface area contributed by atoms with Crippen LogP contribution in [0.2, 0.25) is 0 Å². The van der Waals surface area contributed by atoms with Crippen molar-refractivity contribution in [2.45, 2.75) is 0 Å². The molecule has 0 aliphatic heterocycles. The number of nitrogen functional groups attached to an aromatic ring is 1. The van der Waals surface area contributed by atoms with Crippen molar-refractivity contribution in [3.8, 4) is 23.2 Å². The Morgan fingerprint density at radius 2 is 2.22 bits per heavy atom. The number of rotatable bonds is 2. The third-order valence-electron chi connectivity index (χ3n) is 2.35. The Morgan fingerprint density at radius 3 is 2.83 bits per heavy atom. The van der Waals surface area contributed by atoms with E-state index in [0.717, 1.165) is 0 Å². The molecule has 2 aromatic rings. The van der Waals surface area contributed by atoms with Gasteiger partial charge in [0.2, 0.25) is 0 Å². The molecule has 0 saturated carbocycles. The first-order valence-electron chi connectivity index (χ1n) is 5.02. The van der Waals surface area contributed by atoms with Crippen LogP contribution in [0.25, 0.3) is 11.4 Å². The Balaban J connectivity index is 2.49. The highest BCUT2D eigenvalue weighted by atomic mass is 19.1. The van der Waals surface area contributed by atoms with Gasteiger partial charge in [0.15, 0.2) is 17.4 Å². The van der Waals surface area contributed by atoms with Gasteiger partial charge in [-0.15, -0.1) is 0 Å². The van der Waals surface area contributed by atoms with Crippen LogP contribution in [-0.2, 0) is 0 Å². The lowest BCUT2D eigenvalue weighted by Crippen LogP contribution is -1.99. The molecule has 90 valence electrons. The lowest BCUT2D eigenvalue weighted by molar-refractivity contribution is 0.387. The summed E-state index contributed by atoms with van der Waals surface area (Å²) in [6, 6.07) is 6.11. The lowest BCUT2D eigenvalue weighted by atomic mass is 10.2. The number of nitrogens with zero attached hydrogens (tertiary/aromatic N) is 3. The molecular weight excluding hydrogens is 235 g/mol. The average Bonchev–Trinajstić information content (AvgIpc) is 2.39. The van der Waals surface area contributed by atoms with E-state index in [9.17, 15) is 4.39 Å². The van der Waals surface area contributed by atoms with Crippen molar-refractivity contribution in [3.63, 3.8) is 0 Å². The van der Waals surface area contributed by atoms with Gasteiger partial charge in [0.25, 0.3) is 0 Å². The number of aromatic nitrogens is 2. The highest BCUT2D eigenvalue weighted by molar-refractivity contribution is 5.61. The molecule has 1 aromatic carbocycles. The van der Waals surface area contributed by atoms with Gasteiger partial charge in [-0.1, -0.05) is 0 Å². The van der Waals surface area contributed by atoms with Crippen LogP contribution in [0.1, 0.15) is 5.56 Å². The molecule has 2 rings (SSSR count). The van der Waals surface area contributed by atoms with Crippen LogP contribution < -0.4 is 10.5 Å². The molecule has 0 aliphatic carbocycles. The highest BCUT2D eigenvalue weighted by Gasteiger charge is 2.09.